The van der Waals surface area contributed by atoms with Crippen LogP contribution in [-0.4, -0.2) is 46.8 Å². The topological polar surface area (TPSA) is 121 Å². The Labute approximate surface area is 270 Å². The molecule has 0 radical (unpaired) electrons. The van der Waals surface area contributed by atoms with Crippen molar-refractivity contribution < 1.29 is 33.8 Å². The molecule has 0 bridgehead atoms. The number of amides is 5. The molecule has 234 valence electrons. The average Bonchev–Trinajstić information content (AvgIpc) is 3.44. The largest absolute Gasteiger partial charge is 0.507 e. The molecule has 2 aliphatic heterocycles. The SMILES string of the molecule is COC(=O)N1C(=O)C2CC=C3C(CC4C(=O)N(c5cccc(Cl)c5)C(=O)C4(c4ccccc4)C3c3cc(C)c(O)c(C)c3)C2C1=O. The number of allylic oxidation sites excluding steroid dienone is 2. The third-order valence-corrected chi connectivity index (χ3v) is 10.6. The van der Waals surface area contributed by atoms with Gasteiger partial charge in [0.05, 0.1) is 36.0 Å². The molecule has 3 fully saturated rings. The molecule has 0 spiro atoms. The molecule has 1 saturated carbocycles. The summed E-state index contributed by atoms with van der Waals surface area (Å²) in [5.74, 6) is -6.03. The van der Waals surface area contributed by atoms with Gasteiger partial charge in [-0.1, -0.05) is 71.8 Å². The molecule has 3 aromatic carbocycles. The van der Waals surface area contributed by atoms with Gasteiger partial charge in [-0.2, -0.15) is 4.90 Å². The molecule has 0 aromatic heterocycles. The first-order valence-corrected chi connectivity index (χ1v) is 15.5. The van der Waals surface area contributed by atoms with E-state index in [9.17, 15) is 24.3 Å². The second kappa shape index (κ2) is 10.7. The summed E-state index contributed by atoms with van der Waals surface area (Å²) in [5, 5.41) is 11.1. The Kier molecular flexibility index (Phi) is 6.93. The number of hydrogen-bond donors (Lipinski definition) is 1. The van der Waals surface area contributed by atoms with E-state index in [1.54, 1.807) is 38.1 Å². The van der Waals surface area contributed by atoms with Crippen LogP contribution in [-0.2, 0) is 29.3 Å². The second-order valence-electron chi connectivity index (χ2n) is 12.6. The van der Waals surface area contributed by atoms with Gasteiger partial charge >= 0.3 is 6.09 Å². The molecular formula is C36H31ClN2O7. The standard InChI is InChI=1S/C36H31ClN2O7/c1-18-14-20(15-19(2)30(18)40)29-24-12-13-25-28(33(43)39(31(25)41)35(45)46-3)26(24)17-27-32(42)38(23-11-7-10-22(37)16-23)34(44)36(27,29)21-8-5-4-6-9-21/h4-12,14-16,25-29,40H,13,17H2,1-3H3. The maximum absolute atomic E-state index is 15.2. The Morgan fingerprint density at radius 2 is 1.61 bits per heavy atom. The van der Waals surface area contributed by atoms with Gasteiger partial charge in [-0.15, -0.1) is 0 Å². The second-order valence-corrected chi connectivity index (χ2v) is 13.0. The molecule has 6 unspecified atom stereocenters. The van der Waals surface area contributed by atoms with Gasteiger partial charge in [0.15, 0.2) is 0 Å². The van der Waals surface area contributed by atoms with Crippen molar-refractivity contribution in [1.82, 2.24) is 4.90 Å². The monoisotopic (exact) mass is 638 g/mol. The van der Waals surface area contributed by atoms with Crippen LogP contribution in [0.4, 0.5) is 10.5 Å². The molecule has 1 N–H and O–H groups in total. The van der Waals surface area contributed by atoms with Crippen LogP contribution in [0, 0.1) is 37.5 Å². The van der Waals surface area contributed by atoms with Crippen molar-refractivity contribution in [3.05, 3.63) is 106 Å². The molecule has 3 aromatic rings. The number of nitrogens with zero attached hydrogens (tertiary/aromatic N) is 2. The molecule has 46 heavy (non-hydrogen) atoms. The summed E-state index contributed by atoms with van der Waals surface area (Å²) in [6.07, 6.45) is 1.16. The van der Waals surface area contributed by atoms with Crippen LogP contribution in [0.15, 0.2) is 78.4 Å². The first kappa shape index (κ1) is 29.9. The summed E-state index contributed by atoms with van der Waals surface area (Å²) in [4.78, 5) is 71.5. The van der Waals surface area contributed by atoms with Crippen molar-refractivity contribution in [2.24, 2.45) is 23.7 Å². The number of ether oxygens (including phenoxy) is 1. The molecule has 4 aliphatic rings. The van der Waals surface area contributed by atoms with Crippen LogP contribution < -0.4 is 4.90 Å². The van der Waals surface area contributed by atoms with Crippen LogP contribution in [0.2, 0.25) is 5.02 Å². The fourth-order valence-corrected chi connectivity index (χ4v) is 8.73. The van der Waals surface area contributed by atoms with E-state index in [-0.39, 0.29) is 18.6 Å². The lowest BCUT2D eigenvalue weighted by molar-refractivity contribution is -0.138. The normalized spacial score (nSPS) is 28.5. The number of halogens is 1. The van der Waals surface area contributed by atoms with Gasteiger partial charge in [0.2, 0.25) is 23.6 Å². The number of fused-ring (bicyclic) bond motifs is 4. The molecule has 2 aliphatic carbocycles. The maximum atomic E-state index is 15.2. The Bertz CT molecular complexity index is 1860. The highest BCUT2D eigenvalue weighted by molar-refractivity contribution is 6.32. The van der Waals surface area contributed by atoms with Gasteiger partial charge in [-0.3, -0.25) is 19.2 Å². The lowest BCUT2D eigenvalue weighted by Crippen LogP contribution is -2.53. The van der Waals surface area contributed by atoms with Gasteiger partial charge in [-0.25, -0.2) is 9.69 Å². The zero-order valence-corrected chi connectivity index (χ0v) is 26.2. The van der Waals surface area contributed by atoms with Crippen molar-refractivity contribution in [3.8, 4) is 5.75 Å². The number of carbonyl (C=O) groups excluding carboxylic acids is 5. The van der Waals surface area contributed by atoms with Crippen molar-refractivity contribution >= 4 is 47.0 Å². The third-order valence-electron chi connectivity index (χ3n) is 10.4. The number of imide groups is 4. The van der Waals surface area contributed by atoms with E-state index >= 15 is 4.79 Å². The Balaban J connectivity index is 1.51. The number of likely N-dealkylation sites (tertiary alicyclic amines) is 1. The number of aromatic hydroxyl groups is 1. The molecule has 5 amide bonds. The van der Waals surface area contributed by atoms with Gasteiger partial charge in [0.1, 0.15) is 5.75 Å². The number of carbonyl (C=O) groups is 5. The minimum absolute atomic E-state index is 0.101. The summed E-state index contributed by atoms with van der Waals surface area (Å²) in [6.45, 7) is 3.55. The zero-order valence-electron chi connectivity index (χ0n) is 25.4. The van der Waals surface area contributed by atoms with Crippen LogP contribution in [0.3, 0.4) is 0 Å². The van der Waals surface area contributed by atoms with Crippen LogP contribution in [0.25, 0.3) is 0 Å². The Morgan fingerprint density at radius 3 is 2.26 bits per heavy atom. The number of benzene rings is 3. The fraction of sp³-hybridized carbons (Fsp3) is 0.306. The Morgan fingerprint density at radius 1 is 0.913 bits per heavy atom. The summed E-state index contributed by atoms with van der Waals surface area (Å²) in [5.41, 5.74) is 2.20. The quantitative estimate of drug-likeness (QED) is 0.293. The van der Waals surface area contributed by atoms with Crippen molar-refractivity contribution in [2.45, 2.75) is 38.0 Å². The van der Waals surface area contributed by atoms with Crippen LogP contribution in [0.1, 0.15) is 41.0 Å². The molecule has 2 saturated heterocycles. The molecule has 6 atom stereocenters. The van der Waals surface area contributed by atoms with E-state index in [2.05, 4.69) is 0 Å². The maximum Gasteiger partial charge on any atom is 0.423 e. The van der Waals surface area contributed by atoms with E-state index in [1.807, 2.05) is 48.5 Å². The predicted octanol–water partition coefficient (Wildman–Crippen LogP) is 5.59. The summed E-state index contributed by atoms with van der Waals surface area (Å²) in [6, 6.07) is 19.4. The van der Waals surface area contributed by atoms with E-state index < -0.39 is 64.7 Å². The predicted molar refractivity (Wildman–Crippen MR) is 168 cm³/mol. The molecule has 9 nitrogen and oxygen atoms in total. The van der Waals surface area contributed by atoms with Crippen LogP contribution >= 0.6 is 11.6 Å². The average molecular weight is 639 g/mol. The van der Waals surface area contributed by atoms with Crippen LogP contribution in [0.5, 0.6) is 5.75 Å². The molecule has 7 rings (SSSR count). The fourth-order valence-electron chi connectivity index (χ4n) is 8.55. The lowest BCUT2D eigenvalue weighted by Gasteiger charge is -2.51. The first-order chi connectivity index (χ1) is 22.0. The number of aryl methyl sites for hydroxylation is 2. The number of anilines is 1. The van der Waals surface area contributed by atoms with E-state index in [0.29, 0.717) is 37.9 Å². The molecule has 2 heterocycles. The molecule has 10 heteroatoms. The number of rotatable bonds is 3. The van der Waals surface area contributed by atoms with Crippen molar-refractivity contribution in [1.29, 1.82) is 0 Å². The van der Waals surface area contributed by atoms with E-state index in [4.69, 9.17) is 16.3 Å². The highest BCUT2D eigenvalue weighted by Crippen LogP contribution is 2.64. The van der Waals surface area contributed by atoms with Gasteiger partial charge in [0.25, 0.3) is 0 Å². The number of methoxy groups -OCH3 is 1. The van der Waals surface area contributed by atoms with E-state index in [1.165, 1.54) is 4.90 Å². The summed E-state index contributed by atoms with van der Waals surface area (Å²) < 4.78 is 4.78. The Hall–Kier alpha value is -4.76. The molecular weight excluding hydrogens is 608 g/mol. The lowest BCUT2D eigenvalue weighted by atomic mass is 9.49. The smallest absolute Gasteiger partial charge is 0.423 e. The zero-order chi connectivity index (χ0) is 32.7. The highest BCUT2D eigenvalue weighted by atomic mass is 35.5. The van der Waals surface area contributed by atoms with Gasteiger partial charge in [0, 0.05) is 10.9 Å². The minimum Gasteiger partial charge on any atom is -0.507 e. The van der Waals surface area contributed by atoms with Gasteiger partial charge in [-0.05, 0) is 73.1 Å². The van der Waals surface area contributed by atoms with E-state index in [0.717, 1.165) is 12.7 Å². The number of hydrogen-bond acceptors (Lipinski definition) is 7. The number of phenols is 1. The third kappa shape index (κ3) is 3.97. The van der Waals surface area contributed by atoms with Gasteiger partial charge < -0.3 is 9.84 Å². The van der Waals surface area contributed by atoms with Crippen molar-refractivity contribution in [2.75, 3.05) is 12.0 Å². The highest BCUT2D eigenvalue weighted by Gasteiger charge is 2.70. The summed E-state index contributed by atoms with van der Waals surface area (Å²) >= 11 is 6.34. The van der Waals surface area contributed by atoms with Crippen molar-refractivity contribution in [3.63, 3.8) is 0 Å². The summed E-state index contributed by atoms with van der Waals surface area (Å²) in [7, 11) is 1.11. The first-order valence-electron chi connectivity index (χ1n) is 15.2. The minimum atomic E-state index is -1.43. The number of phenolic OH excluding ortho intramolecular Hbond substituents is 1.